The second-order valence-electron chi connectivity index (χ2n) is 4.88. The van der Waals surface area contributed by atoms with E-state index >= 15 is 0 Å². The minimum atomic E-state index is -0.908. The predicted octanol–water partition coefficient (Wildman–Crippen LogP) is 1.35. The zero-order chi connectivity index (χ0) is 10.4. The van der Waals surface area contributed by atoms with Crippen LogP contribution >= 0.6 is 0 Å². The van der Waals surface area contributed by atoms with Crippen LogP contribution in [0.15, 0.2) is 20.6 Å². The minimum Gasteiger partial charge on any atom is -1.00 e. The Kier molecular flexibility index (Phi) is 4.71. The van der Waals surface area contributed by atoms with Gasteiger partial charge < -0.3 is 12.4 Å². The van der Waals surface area contributed by atoms with Gasteiger partial charge in [-0.3, -0.25) is 0 Å². The fourth-order valence-electron chi connectivity index (χ4n) is 2.59. The fraction of sp³-hybridized carbons (Fsp3) is 0.667. The van der Waals surface area contributed by atoms with Gasteiger partial charge in [0.2, 0.25) is 0 Å². The number of allylic oxidation sites excluding steroid dienone is 4. The summed E-state index contributed by atoms with van der Waals surface area (Å²) in [4.78, 5) is 0. The molecule has 1 aliphatic rings. The molecular weight excluding hydrogens is 227 g/mol. The molecule has 0 aromatic heterocycles. The molecule has 0 spiro atoms. The first kappa shape index (κ1) is 14.5. The summed E-state index contributed by atoms with van der Waals surface area (Å²) in [6, 6.07) is 0. The maximum Gasteiger partial charge on any atom is -1.00 e. The maximum atomic E-state index is 2.46. The normalized spacial score (nSPS) is 19.9. The monoisotopic (exact) mass is 248 g/mol. The van der Waals surface area contributed by atoms with Crippen molar-refractivity contribution in [1.82, 2.24) is 0 Å². The molecule has 0 bridgehead atoms. The SMILES string of the molecule is CC1=C(C)C(C)(C)[C]([Ti+]([CH3])[CH3])=C1C.[Cl-]. The molecule has 0 atom stereocenters. The third-order valence-electron chi connectivity index (χ3n) is 3.56. The average Bonchev–Trinajstić information content (AvgIpc) is 2.12. The molecule has 1 rings (SSSR count). The van der Waals surface area contributed by atoms with Crippen LogP contribution in [-0.4, -0.2) is 0 Å². The van der Waals surface area contributed by atoms with Gasteiger partial charge in [-0.15, -0.1) is 0 Å². The third-order valence-corrected chi connectivity index (χ3v) is 6.69. The van der Waals surface area contributed by atoms with Crippen molar-refractivity contribution in [2.75, 3.05) is 0 Å². The first-order valence-corrected chi connectivity index (χ1v) is 8.90. The number of hydrogen-bond acceptors (Lipinski definition) is 0. The molecule has 0 aromatic rings. The van der Waals surface area contributed by atoms with Gasteiger partial charge in [0, 0.05) is 0 Å². The van der Waals surface area contributed by atoms with Crippen molar-refractivity contribution >= 4 is 0 Å². The Morgan fingerprint density at radius 3 is 1.50 bits per heavy atom. The largest absolute Gasteiger partial charge is 1.00 e. The standard InChI is InChI=1S/C10H15.2CH3.ClH.Ti/c1-7-6-10(4,5)9(3)8(7)2;;;;/h1-5H3;2*1H3;1H;/q;;;;+1/p-1. The Hall–Kier alpha value is 0.484. The van der Waals surface area contributed by atoms with Crippen LogP contribution in [0.5, 0.6) is 0 Å². The van der Waals surface area contributed by atoms with E-state index in [1.54, 1.807) is 20.6 Å². The van der Waals surface area contributed by atoms with Crippen LogP contribution in [0, 0.1) is 5.41 Å². The molecule has 0 aliphatic heterocycles. The number of rotatable bonds is 1. The summed E-state index contributed by atoms with van der Waals surface area (Å²) in [7, 11) is 0. The van der Waals surface area contributed by atoms with E-state index in [0.717, 1.165) is 0 Å². The smallest absolute Gasteiger partial charge is 1.00 e. The van der Waals surface area contributed by atoms with Crippen LogP contribution in [0.1, 0.15) is 34.6 Å². The van der Waals surface area contributed by atoms with Crippen LogP contribution in [0.2, 0.25) is 10.5 Å². The van der Waals surface area contributed by atoms with Crippen LogP contribution in [0.4, 0.5) is 0 Å². The van der Waals surface area contributed by atoms with E-state index in [9.17, 15) is 0 Å². The van der Waals surface area contributed by atoms with Crippen molar-refractivity contribution in [3.63, 3.8) is 0 Å². The molecule has 0 amide bonds. The second kappa shape index (κ2) is 4.55. The molecule has 2 heteroatoms. The van der Waals surface area contributed by atoms with Gasteiger partial charge in [0.15, 0.2) is 0 Å². The average molecular weight is 249 g/mol. The van der Waals surface area contributed by atoms with E-state index in [2.05, 4.69) is 45.1 Å². The Morgan fingerprint density at radius 1 is 0.929 bits per heavy atom. The van der Waals surface area contributed by atoms with Crippen molar-refractivity contribution in [2.24, 2.45) is 5.41 Å². The molecule has 0 unspecified atom stereocenters. The van der Waals surface area contributed by atoms with Gasteiger partial charge in [-0.25, -0.2) is 0 Å². The summed E-state index contributed by atoms with van der Waals surface area (Å²) in [5, 5.41) is 4.93. The third kappa shape index (κ3) is 2.03. The second-order valence-corrected chi connectivity index (χ2v) is 8.78. The van der Waals surface area contributed by atoms with Crippen molar-refractivity contribution in [2.45, 2.75) is 45.1 Å². The van der Waals surface area contributed by atoms with E-state index in [0.29, 0.717) is 5.41 Å². The predicted molar refractivity (Wildman–Crippen MR) is 56.6 cm³/mol. The summed E-state index contributed by atoms with van der Waals surface area (Å²) < 4.78 is 1.79. The Balaban J connectivity index is 0.00000169. The summed E-state index contributed by atoms with van der Waals surface area (Å²) in [6.45, 7) is 11.7. The van der Waals surface area contributed by atoms with Gasteiger partial charge in [0.25, 0.3) is 0 Å². The fourth-order valence-corrected chi connectivity index (χ4v) is 6.30. The zero-order valence-corrected chi connectivity index (χ0v) is 12.7. The first-order chi connectivity index (χ1) is 5.80. The maximum absolute atomic E-state index is 2.46. The van der Waals surface area contributed by atoms with Crippen LogP contribution in [-0.2, 0) is 17.9 Å². The summed E-state index contributed by atoms with van der Waals surface area (Å²) in [6.07, 6.45) is 0. The van der Waals surface area contributed by atoms with Crippen molar-refractivity contribution in [1.29, 1.82) is 0 Å². The van der Waals surface area contributed by atoms with Crippen molar-refractivity contribution in [3.8, 4) is 0 Å². The molecule has 14 heavy (non-hydrogen) atoms. The summed E-state index contributed by atoms with van der Waals surface area (Å²) in [5.41, 5.74) is 5.11. The molecule has 0 nitrogen and oxygen atoms in total. The van der Waals surface area contributed by atoms with Crippen LogP contribution in [0.3, 0.4) is 0 Å². The van der Waals surface area contributed by atoms with E-state index in [4.69, 9.17) is 0 Å². The quantitative estimate of drug-likeness (QED) is 0.615. The first-order valence-electron chi connectivity index (χ1n) is 5.00. The van der Waals surface area contributed by atoms with Gasteiger partial charge in [-0.1, -0.05) is 0 Å². The van der Waals surface area contributed by atoms with Crippen LogP contribution < -0.4 is 12.4 Å². The Labute approximate surface area is 101 Å². The molecule has 0 aromatic carbocycles. The molecule has 0 N–H and O–H groups in total. The van der Waals surface area contributed by atoms with Crippen molar-refractivity contribution < 1.29 is 30.3 Å². The molecular formula is C12H21ClTi. The Bertz CT molecular complexity index is 295. The van der Waals surface area contributed by atoms with Gasteiger partial charge in [0.05, 0.1) is 0 Å². The molecule has 0 saturated carbocycles. The van der Waals surface area contributed by atoms with E-state index in [1.807, 2.05) is 0 Å². The molecule has 0 saturated heterocycles. The number of hydrogen-bond donors (Lipinski definition) is 0. The van der Waals surface area contributed by atoms with Crippen LogP contribution in [0.25, 0.3) is 0 Å². The summed E-state index contributed by atoms with van der Waals surface area (Å²) in [5.74, 6) is 0. The molecule has 1 aliphatic carbocycles. The van der Waals surface area contributed by atoms with Crippen molar-refractivity contribution in [3.05, 3.63) is 20.6 Å². The van der Waals surface area contributed by atoms with Gasteiger partial charge >= 0.3 is 89.0 Å². The van der Waals surface area contributed by atoms with E-state index < -0.39 is 17.9 Å². The van der Waals surface area contributed by atoms with E-state index in [1.165, 1.54) is 0 Å². The Morgan fingerprint density at radius 2 is 1.36 bits per heavy atom. The molecule has 0 heterocycles. The van der Waals surface area contributed by atoms with Gasteiger partial charge in [-0.05, 0) is 0 Å². The number of halogens is 1. The van der Waals surface area contributed by atoms with Gasteiger partial charge in [-0.2, -0.15) is 0 Å². The molecule has 0 fully saturated rings. The van der Waals surface area contributed by atoms with Gasteiger partial charge in [0.1, 0.15) is 0 Å². The zero-order valence-electron chi connectivity index (χ0n) is 10.4. The van der Waals surface area contributed by atoms with E-state index in [-0.39, 0.29) is 12.4 Å². The molecule has 0 radical (unpaired) electrons. The topological polar surface area (TPSA) is 0 Å². The molecule has 80 valence electrons. The summed E-state index contributed by atoms with van der Waals surface area (Å²) >= 11 is -0.908. The minimum absolute atomic E-state index is 0.